The van der Waals surface area contributed by atoms with Crippen molar-refractivity contribution < 1.29 is 0 Å². The maximum atomic E-state index is 3.54. The van der Waals surface area contributed by atoms with E-state index in [1.54, 1.807) is 0 Å². The molecular formula is C19H21NS. The van der Waals surface area contributed by atoms with Crippen LogP contribution in [0.4, 0.5) is 0 Å². The monoisotopic (exact) mass is 295 g/mol. The Balaban J connectivity index is 2.24. The van der Waals surface area contributed by atoms with Gasteiger partial charge >= 0.3 is 0 Å². The molecule has 0 aliphatic heterocycles. The van der Waals surface area contributed by atoms with Crippen LogP contribution in [0.1, 0.15) is 34.5 Å². The Kier molecular flexibility index (Phi) is 4.09. The van der Waals surface area contributed by atoms with Crippen LogP contribution in [0.15, 0.2) is 47.8 Å². The summed E-state index contributed by atoms with van der Waals surface area (Å²) in [5.41, 5.74) is 4.21. The standard InChI is InChI=1S/C19H21NS/c1-4-14-11-12-21-19(14)18(20-3)17-13(2)9-10-15-7-5-6-8-16(15)17/h5-12,18,20H,4H2,1-3H3. The first kappa shape index (κ1) is 14.3. The van der Waals surface area contributed by atoms with E-state index in [0.717, 1.165) is 6.42 Å². The fourth-order valence-corrected chi connectivity index (χ4v) is 4.20. The third-order valence-electron chi connectivity index (χ3n) is 4.19. The second kappa shape index (κ2) is 6.00. The van der Waals surface area contributed by atoms with E-state index in [9.17, 15) is 0 Å². The molecule has 1 N–H and O–H groups in total. The minimum absolute atomic E-state index is 0.269. The topological polar surface area (TPSA) is 12.0 Å². The summed E-state index contributed by atoms with van der Waals surface area (Å²) in [7, 11) is 2.06. The zero-order valence-corrected chi connectivity index (χ0v) is 13.6. The van der Waals surface area contributed by atoms with Crippen molar-refractivity contribution >= 4 is 22.1 Å². The number of hydrogen-bond acceptors (Lipinski definition) is 2. The Hall–Kier alpha value is -1.64. The minimum Gasteiger partial charge on any atom is -0.309 e. The van der Waals surface area contributed by atoms with Gasteiger partial charge in [-0.15, -0.1) is 11.3 Å². The van der Waals surface area contributed by atoms with Crippen molar-refractivity contribution in [2.24, 2.45) is 0 Å². The summed E-state index contributed by atoms with van der Waals surface area (Å²) in [6.07, 6.45) is 1.08. The Morgan fingerprint density at radius 1 is 1.10 bits per heavy atom. The van der Waals surface area contributed by atoms with E-state index in [-0.39, 0.29) is 6.04 Å². The molecule has 108 valence electrons. The lowest BCUT2D eigenvalue weighted by atomic mass is 9.92. The largest absolute Gasteiger partial charge is 0.309 e. The first-order valence-electron chi connectivity index (χ1n) is 7.48. The quantitative estimate of drug-likeness (QED) is 0.707. The molecule has 3 aromatic rings. The normalized spacial score (nSPS) is 12.7. The highest BCUT2D eigenvalue weighted by Gasteiger charge is 2.20. The lowest BCUT2D eigenvalue weighted by molar-refractivity contribution is 0.698. The van der Waals surface area contributed by atoms with Gasteiger partial charge in [-0.25, -0.2) is 0 Å². The summed E-state index contributed by atoms with van der Waals surface area (Å²) in [6, 6.07) is 15.7. The molecule has 0 amide bonds. The van der Waals surface area contributed by atoms with Crippen molar-refractivity contribution in [2.45, 2.75) is 26.3 Å². The molecule has 0 fully saturated rings. The van der Waals surface area contributed by atoms with Crippen molar-refractivity contribution in [1.82, 2.24) is 5.32 Å². The molecule has 0 spiro atoms. The summed E-state index contributed by atoms with van der Waals surface area (Å²) in [5, 5.41) is 8.41. The molecule has 0 aliphatic carbocycles. The zero-order chi connectivity index (χ0) is 14.8. The number of hydrogen-bond donors (Lipinski definition) is 1. The van der Waals surface area contributed by atoms with E-state index in [2.05, 4.69) is 74.1 Å². The lowest BCUT2D eigenvalue weighted by Gasteiger charge is -2.21. The smallest absolute Gasteiger partial charge is 0.0680 e. The van der Waals surface area contributed by atoms with Gasteiger partial charge in [0.05, 0.1) is 6.04 Å². The summed E-state index contributed by atoms with van der Waals surface area (Å²) >= 11 is 1.86. The van der Waals surface area contributed by atoms with Crippen LogP contribution in [0, 0.1) is 6.92 Å². The Labute approximate surface area is 130 Å². The molecular weight excluding hydrogens is 274 g/mol. The Bertz CT molecular complexity index is 757. The van der Waals surface area contributed by atoms with E-state index < -0.39 is 0 Å². The number of nitrogens with one attached hydrogen (secondary N) is 1. The van der Waals surface area contributed by atoms with Gasteiger partial charge in [-0.1, -0.05) is 43.3 Å². The molecule has 0 saturated carbocycles. The molecule has 0 aliphatic rings. The molecule has 1 heterocycles. The van der Waals surface area contributed by atoms with Crippen LogP contribution in [0.5, 0.6) is 0 Å². The molecule has 3 rings (SSSR count). The predicted octanol–water partition coefficient (Wildman–Crippen LogP) is 5.08. The molecule has 0 radical (unpaired) electrons. The summed E-state index contributed by atoms with van der Waals surface area (Å²) in [6.45, 7) is 4.44. The van der Waals surface area contributed by atoms with Crippen molar-refractivity contribution in [3.63, 3.8) is 0 Å². The van der Waals surface area contributed by atoms with Crippen LogP contribution < -0.4 is 5.32 Å². The molecule has 1 aromatic heterocycles. The minimum atomic E-state index is 0.269. The van der Waals surface area contributed by atoms with E-state index >= 15 is 0 Å². The Morgan fingerprint density at radius 2 is 1.90 bits per heavy atom. The Morgan fingerprint density at radius 3 is 2.67 bits per heavy atom. The van der Waals surface area contributed by atoms with Crippen LogP contribution >= 0.6 is 11.3 Å². The number of aryl methyl sites for hydroxylation is 2. The number of thiophene rings is 1. The van der Waals surface area contributed by atoms with E-state index in [4.69, 9.17) is 0 Å². The molecule has 1 atom stereocenters. The van der Waals surface area contributed by atoms with E-state index in [1.807, 2.05) is 11.3 Å². The molecule has 2 heteroatoms. The van der Waals surface area contributed by atoms with Crippen LogP contribution in [-0.2, 0) is 6.42 Å². The summed E-state index contributed by atoms with van der Waals surface area (Å²) < 4.78 is 0. The van der Waals surface area contributed by atoms with Crippen molar-refractivity contribution in [1.29, 1.82) is 0 Å². The first-order valence-corrected chi connectivity index (χ1v) is 8.36. The average Bonchev–Trinajstić information content (AvgIpc) is 2.98. The van der Waals surface area contributed by atoms with Gasteiger partial charge in [0.2, 0.25) is 0 Å². The molecule has 2 aromatic carbocycles. The molecule has 1 unspecified atom stereocenters. The maximum absolute atomic E-state index is 3.54. The molecule has 0 bridgehead atoms. The van der Waals surface area contributed by atoms with Crippen LogP contribution in [0.2, 0.25) is 0 Å². The third kappa shape index (κ3) is 2.50. The van der Waals surface area contributed by atoms with Crippen molar-refractivity contribution in [3.05, 3.63) is 69.4 Å². The van der Waals surface area contributed by atoms with Gasteiger partial charge in [-0.3, -0.25) is 0 Å². The fourth-order valence-electron chi connectivity index (χ4n) is 3.09. The number of rotatable bonds is 4. The van der Waals surface area contributed by atoms with Gasteiger partial charge in [0, 0.05) is 4.88 Å². The number of benzene rings is 2. The average molecular weight is 295 g/mol. The lowest BCUT2D eigenvalue weighted by Crippen LogP contribution is -2.19. The highest BCUT2D eigenvalue weighted by atomic mass is 32.1. The highest BCUT2D eigenvalue weighted by Crippen LogP contribution is 2.35. The number of fused-ring (bicyclic) bond motifs is 1. The molecule has 21 heavy (non-hydrogen) atoms. The predicted molar refractivity (Wildman–Crippen MR) is 93.3 cm³/mol. The van der Waals surface area contributed by atoms with Gasteiger partial charge in [0.25, 0.3) is 0 Å². The van der Waals surface area contributed by atoms with Gasteiger partial charge in [-0.05, 0) is 59.3 Å². The van der Waals surface area contributed by atoms with E-state index in [0.29, 0.717) is 0 Å². The van der Waals surface area contributed by atoms with Gasteiger partial charge in [0.15, 0.2) is 0 Å². The zero-order valence-electron chi connectivity index (χ0n) is 12.8. The van der Waals surface area contributed by atoms with Gasteiger partial charge in [0.1, 0.15) is 0 Å². The third-order valence-corrected chi connectivity index (χ3v) is 5.21. The fraction of sp³-hybridized carbons (Fsp3) is 0.263. The summed E-state index contributed by atoms with van der Waals surface area (Å²) in [5.74, 6) is 0. The van der Waals surface area contributed by atoms with Gasteiger partial charge in [-0.2, -0.15) is 0 Å². The highest BCUT2D eigenvalue weighted by molar-refractivity contribution is 7.10. The SMILES string of the molecule is CCc1ccsc1C(NC)c1c(C)ccc2ccccc12. The summed E-state index contributed by atoms with van der Waals surface area (Å²) in [4.78, 5) is 1.44. The van der Waals surface area contributed by atoms with Crippen LogP contribution in [-0.4, -0.2) is 7.05 Å². The van der Waals surface area contributed by atoms with Crippen molar-refractivity contribution in [2.75, 3.05) is 7.05 Å². The maximum Gasteiger partial charge on any atom is 0.0680 e. The van der Waals surface area contributed by atoms with Crippen LogP contribution in [0.3, 0.4) is 0 Å². The van der Waals surface area contributed by atoms with Crippen LogP contribution in [0.25, 0.3) is 10.8 Å². The van der Waals surface area contributed by atoms with Gasteiger partial charge < -0.3 is 5.32 Å². The second-order valence-corrected chi connectivity index (χ2v) is 6.35. The molecule has 1 nitrogen and oxygen atoms in total. The van der Waals surface area contributed by atoms with E-state index in [1.165, 1.54) is 32.3 Å². The molecule has 0 saturated heterocycles. The first-order chi connectivity index (χ1) is 10.3. The van der Waals surface area contributed by atoms with Crippen molar-refractivity contribution in [3.8, 4) is 0 Å². The second-order valence-electron chi connectivity index (χ2n) is 5.40.